The molecule has 3 rings (SSSR count). The van der Waals surface area contributed by atoms with Gasteiger partial charge in [0.1, 0.15) is 0 Å². The molecule has 0 amide bonds. The summed E-state index contributed by atoms with van der Waals surface area (Å²) < 4.78 is 2.10. The second-order valence-electron chi connectivity index (χ2n) is 7.82. The molecule has 27 heavy (non-hydrogen) atoms. The Morgan fingerprint density at radius 1 is 1.15 bits per heavy atom. The molecule has 1 aromatic carbocycles. The van der Waals surface area contributed by atoms with Gasteiger partial charge in [0.05, 0.1) is 12.1 Å². The van der Waals surface area contributed by atoms with Crippen molar-refractivity contribution >= 4 is 11.8 Å². The van der Waals surface area contributed by atoms with Gasteiger partial charge in [0.2, 0.25) is 0 Å². The molecule has 1 heterocycles. The van der Waals surface area contributed by atoms with E-state index in [2.05, 4.69) is 64.7 Å². The minimum Gasteiger partial charge on any atom is -0.307 e. The van der Waals surface area contributed by atoms with Gasteiger partial charge in [-0.2, -0.15) is 11.8 Å². The standard InChI is InChI=1S/C21H33N5S/c1-15-13-17(3)18(14-16(15)2)9-11-22-20(10-12-27-4)21-23-24-25-26(21)19-7-5-6-8-19/h13-14,19-20,22H,5-12H2,1-4H3. The molecule has 6 heteroatoms. The Labute approximate surface area is 167 Å². The van der Waals surface area contributed by atoms with E-state index in [0.29, 0.717) is 6.04 Å². The number of aryl methyl sites for hydroxylation is 3. The van der Waals surface area contributed by atoms with Crippen molar-refractivity contribution in [1.82, 2.24) is 25.5 Å². The van der Waals surface area contributed by atoms with Crippen molar-refractivity contribution in [2.75, 3.05) is 18.6 Å². The van der Waals surface area contributed by atoms with Crippen LogP contribution in [0.1, 0.15) is 72.3 Å². The van der Waals surface area contributed by atoms with E-state index >= 15 is 0 Å². The summed E-state index contributed by atoms with van der Waals surface area (Å²) in [4.78, 5) is 0. The highest BCUT2D eigenvalue weighted by atomic mass is 32.2. The summed E-state index contributed by atoms with van der Waals surface area (Å²) in [5.74, 6) is 2.13. The van der Waals surface area contributed by atoms with Crippen molar-refractivity contribution in [3.05, 3.63) is 40.2 Å². The molecule has 0 saturated heterocycles. The fraction of sp³-hybridized carbons (Fsp3) is 0.667. The van der Waals surface area contributed by atoms with Crippen LogP contribution in [0.2, 0.25) is 0 Å². The van der Waals surface area contributed by atoms with Crippen LogP contribution in [0.25, 0.3) is 0 Å². The molecule has 0 bridgehead atoms. The lowest BCUT2D eigenvalue weighted by Gasteiger charge is -2.20. The highest BCUT2D eigenvalue weighted by molar-refractivity contribution is 7.98. The van der Waals surface area contributed by atoms with E-state index in [1.54, 1.807) is 0 Å². The van der Waals surface area contributed by atoms with Crippen molar-refractivity contribution in [2.24, 2.45) is 0 Å². The molecular weight excluding hydrogens is 354 g/mol. The second-order valence-corrected chi connectivity index (χ2v) is 8.81. The topological polar surface area (TPSA) is 55.6 Å². The lowest BCUT2D eigenvalue weighted by Crippen LogP contribution is -2.28. The number of hydrogen-bond acceptors (Lipinski definition) is 5. The predicted octanol–water partition coefficient (Wildman–Crippen LogP) is 4.34. The highest BCUT2D eigenvalue weighted by Gasteiger charge is 2.25. The molecule has 1 aliphatic carbocycles. The molecule has 1 aliphatic rings. The number of hydrogen-bond donors (Lipinski definition) is 1. The quantitative estimate of drug-likeness (QED) is 0.694. The van der Waals surface area contributed by atoms with Crippen LogP contribution < -0.4 is 5.32 Å². The minimum absolute atomic E-state index is 0.222. The summed E-state index contributed by atoms with van der Waals surface area (Å²) in [5.41, 5.74) is 5.57. The monoisotopic (exact) mass is 387 g/mol. The number of benzene rings is 1. The summed E-state index contributed by atoms with van der Waals surface area (Å²) in [6.45, 7) is 7.54. The van der Waals surface area contributed by atoms with Crippen LogP contribution in [-0.4, -0.2) is 38.8 Å². The van der Waals surface area contributed by atoms with Crippen molar-refractivity contribution in [3.8, 4) is 0 Å². The SMILES string of the molecule is CSCCC(NCCc1cc(C)c(C)cc1C)c1nnnn1C1CCCC1. The molecule has 148 valence electrons. The number of nitrogens with zero attached hydrogens (tertiary/aromatic N) is 4. The lowest BCUT2D eigenvalue weighted by molar-refractivity contribution is 0.398. The van der Waals surface area contributed by atoms with E-state index in [1.807, 2.05) is 11.8 Å². The molecule has 1 aromatic heterocycles. The summed E-state index contributed by atoms with van der Waals surface area (Å²) in [6.07, 6.45) is 9.24. The zero-order valence-corrected chi connectivity index (χ0v) is 18.0. The summed E-state index contributed by atoms with van der Waals surface area (Å²) in [6, 6.07) is 5.35. The number of rotatable bonds is 9. The summed E-state index contributed by atoms with van der Waals surface area (Å²) in [5, 5.41) is 16.5. The van der Waals surface area contributed by atoms with Gasteiger partial charge in [0.25, 0.3) is 0 Å². The first-order valence-electron chi connectivity index (χ1n) is 10.2. The van der Waals surface area contributed by atoms with Gasteiger partial charge in [-0.05, 0) is 97.7 Å². The van der Waals surface area contributed by atoms with Gasteiger partial charge in [-0.3, -0.25) is 0 Å². The largest absolute Gasteiger partial charge is 0.307 e. The van der Waals surface area contributed by atoms with Gasteiger partial charge in [0, 0.05) is 0 Å². The molecule has 5 nitrogen and oxygen atoms in total. The van der Waals surface area contributed by atoms with E-state index in [0.717, 1.165) is 31.0 Å². The number of thioether (sulfide) groups is 1. The van der Waals surface area contributed by atoms with Gasteiger partial charge in [-0.25, -0.2) is 4.68 Å². The van der Waals surface area contributed by atoms with Crippen molar-refractivity contribution in [1.29, 1.82) is 0 Å². The van der Waals surface area contributed by atoms with Gasteiger partial charge in [-0.15, -0.1) is 5.10 Å². The molecule has 0 spiro atoms. The van der Waals surface area contributed by atoms with E-state index < -0.39 is 0 Å². The molecule has 1 atom stereocenters. The Hall–Kier alpha value is -1.40. The third kappa shape index (κ3) is 5.11. The Kier molecular flexibility index (Phi) is 7.30. The Balaban J connectivity index is 1.67. The molecule has 0 aliphatic heterocycles. The van der Waals surface area contributed by atoms with Crippen LogP contribution >= 0.6 is 11.8 Å². The van der Waals surface area contributed by atoms with Crippen molar-refractivity contribution < 1.29 is 0 Å². The fourth-order valence-corrected chi connectivity index (χ4v) is 4.54. The molecule has 1 N–H and O–H groups in total. The van der Waals surface area contributed by atoms with Crippen LogP contribution in [0.3, 0.4) is 0 Å². The van der Waals surface area contributed by atoms with Gasteiger partial charge in [-0.1, -0.05) is 25.0 Å². The average molecular weight is 388 g/mol. The maximum absolute atomic E-state index is 4.41. The molecule has 1 unspecified atom stereocenters. The number of nitrogens with one attached hydrogen (secondary N) is 1. The van der Waals surface area contributed by atoms with E-state index in [1.165, 1.54) is 47.9 Å². The molecule has 1 fully saturated rings. The van der Waals surface area contributed by atoms with Crippen molar-refractivity contribution in [2.45, 2.75) is 71.4 Å². The zero-order valence-electron chi connectivity index (χ0n) is 17.2. The summed E-state index contributed by atoms with van der Waals surface area (Å²) in [7, 11) is 0. The van der Waals surface area contributed by atoms with Gasteiger partial charge in [0.15, 0.2) is 5.82 Å². The molecule has 2 aromatic rings. The average Bonchev–Trinajstić information content (AvgIpc) is 3.33. The fourth-order valence-electron chi connectivity index (χ4n) is 4.07. The Morgan fingerprint density at radius 2 is 1.89 bits per heavy atom. The van der Waals surface area contributed by atoms with Crippen LogP contribution in [-0.2, 0) is 6.42 Å². The van der Waals surface area contributed by atoms with E-state index in [4.69, 9.17) is 0 Å². The highest BCUT2D eigenvalue weighted by Crippen LogP contribution is 2.31. The zero-order chi connectivity index (χ0) is 19.2. The number of aromatic nitrogens is 4. The first-order valence-corrected chi connectivity index (χ1v) is 11.6. The van der Waals surface area contributed by atoms with Crippen LogP contribution in [0, 0.1) is 20.8 Å². The van der Waals surface area contributed by atoms with Crippen molar-refractivity contribution in [3.63, 3.8) is 0 Å². The van der Waals surface area contributed by atoms with Gasteiger partial charge >= 0.3 is 0 Å². The Bertz CT molecular complexity index is 736. The van der Waals surface area contributed by atoms with E-state index in [9.17, 15) is 0 Å². The first kappa shape index (κ1) is 20.3. The predicted molar refractivity (Wildman–Crippen MR) is 113 cm³/mol. The van der Waals surface area contributed by atoms with E-state index in [-0.39, 0.29) is 6.04 Å². The maximum Gasteiger partial charge on any atom is 0.168 e. The van der Waals surface area contributed by atoms with Crippen LogP contribution in [0.15, 0.2) is 12.1 Å². The normalized spacial score (nSPS) is 16.1. The summed E-state index contributed by atoms with van der Waals surface area (Å²) >= 11 is 1.88. The van der Waals surface area contributed by atoms with Gasteiger partial charge < -0.3 is 5.32 Å². The third-order valence-electron chi connectivity index (χ3n) is 5.85. The Morgan fingerprint density at radius 3 is 2.63 bits per heavy atom. The molecule has 0 radical (unpaired) electrons. The second kappa shape index (κ2) is 9.69. The number of tetrazole rings is 1. The maximum atomic E-state index is 4.41. The smallest absolute Gasteiger partial charge is 0.168 e. The lowest BCUT2D eigenvalue weighted by atomic mass is 9.98. The first-order chi connectivity index (χ1) is 13.1. The molecular formula is C21H33N5S. The van der Waals surface area contributed by atoms with Crippen LogP contribution in [0.4, 0.5) is 0 Å². The molecule has 1 saturated carbocycles. The minimum atomic E-state index is 0.222. The third-order valence-corrected chi connectivity index (χ3v) is 6.49. The van der Waals surface area contributed by atoms with Crippen LogP contribution in [0.5, 0.6) is 0 Å².